The minimum atomic E-state index is -1.42. The molecular weight excluding hydrogens is 416 g/mol. The lowest BCUT2D eigenvalue weighted by Crippen LogP contribution is -2.14. The van der Waals surface area contributed by atoms with E-state index in [-0.39, 0.29) is 44.3 Å². The summed E-state index contributed by atoms with van der Waals surface area (Å²) < 4.78 is 28.4. The highest BCUT2D eigenvalue weighted by Crippen LogP contribution is 2.40. The van der Waals surface area contributed by atoms with Crippen LogP contribution in [0.4, 0.5) is 19.5 Å². The van der Waals surface area contributed by atoms with Crippen LogP contribution in [0, 0.1) is 18.6 Å². The summed E-state index contributed by atoms with van der Waals surface area (Å²) in [4.78, 5) is 24.5. The highest BCUT2D eigenvalue weighted by molar-refractivity contribution is 7.15. The summed E-state index contributed by atoms with van der Waals surface area (Å²) in [5, 5.41) is 31.2. The topological polar surface area (TPSA) is 111 Å². The van der Waals surface area contributed by atoms with Crippen molar-refractivity contribution in [2.75, 3.05) is 5.32 Å². The molecule has 0 saturated heterocycles. The number of aromatic hydroxyl groups is 1. The van der Waals surface area contributed by atoms with E-state index in [0.717, 1.165) is 11.3 Å². The molecule has 0 spiro atoms. The number of hydrogen-bond acceptors (Lipinski definition) is 6. The number of nitrogens with zero attached hydrogens (tertiary/aromatic N) is 2. The zero-order valence-electron chi connectivity index (χ0n) is 15.4. The molecule has 0 fully saturated rings. The maximum absolute atomic E-state index is 14.4. The van der Waals surface area contributed by atoms with Gasteiger partial charge in [0.25, 0.3) is 5.91 Å². The summed E-state index contributed by atoms with van der Waals surface area (Å²) in [7, 11) is 0. The van der Waals surface area contributed by atoms with Crippen LogP contribution < -0.4 is 5.32 Å². The van der Waals surface area contributed by atoms with Gasteiger partial charge in [0.1, 0.15) is 16.3 Å². The minimum Gasteiger partial charge on any atom is -0.505 e. The molecule has 0 unspecified atom stereocenters. The summed E-state index contributed by atoms with van der Waals surface area (Å²) >= 11 is 0.847. The largest absolute Gasteiger partial charge is 0.505 e. The molecule has 10 heteroatoms. The number of hydrogen-bond donors (Lipinski definition) is 3. The Bertz CT molecular complexity index is 1250. The zero-order valence-corrected chi connectivity index (χ0v) is 16.2. The third kappa shape index (κ3) is 3.11. The molecule has 1 aliphatic rings. The predicted octanol–water partition coefficient (Wildman–Crippen LogP) is 5.26. The molecule has 2 aromatic carbocycles. The average Bonchev–Trinajstić information content (AvgIpc) is 3.34. The van der Waals surface area contributed by atoms with E-state index in [4.69, 9.17) is 0 Å². The van der Waals surface area contributed by atoms with Crippen LogP contribution >= 0.6 is 11.3 Å². The van der Waals surface area contributed by atoms with Crippen LogP contribution in [0.2, 0.25) is 0 Å². The number of carbonyl (C=O) groups excluding carboxylic acids is 1. The second-order valence-electron chi connectivity index (χ2n) is 6.54. The van der Waals surface area contributed by atoms with Crippen LogP contribution in [-0.2, 0) is 6.54 Å². The molecule has 1 aromatic heterocycles. The molecule has 7 nitrogen and oxygen atoms in total. The maximum atomic E-state index is 14.4. The molecule has 1 aliphatic heterocycles. The van der Waals surface area contributed by atoms with Gasteiger partial charge in [-0.25, -0.2) is 13.6 Å². The second kappa shape index (κ2) is 7.30. The van der Waals surface area contributed by atoms with Crippen molar-refractivity contribution >= 4 is 33.9 Å². The van der Waals surface area contributed by atoms with Crippen molar-refractivity contribution in [1.29, 1.82) is 0 Å². The molecule has 0 bridgehead atoms. The van der Waals surface area contributed by atoms with Crippen molar-refractivity contribution < 1.29 is 28.6 Å². The Morgan fingerprint density at radius 1 is 1.13 bits per heavy atom. The number of phenols is 1. The SMILES string of the molecule is Cc1ccc(-c2csc(NC(=O)c3ccc4c(c3O)N=NC4)c2C(=O)O)c(F)c1F. The fourth-order valence-corrected chi connectivity index (χ4v) is 4.06. The molecule has 3 N–H and O–H groups in total. The number of fused-ring (bicyclic) bond motifs is 1. The first-order chi connectivity index (χ1) is 14.3. The number of thiophene rings is 1. The number of aromatic carboxylic acids is 1. The number of carboxylic acid groups (broad SMARTS) is 1. The normalized spacial score (nSPS) is 12.1. The van der Waals surface area contributed by atoms with E-state index in [0.29, 0.717) is 12.1 Å². The Hall–Kier alpha value is -3.66. The van der Waals surface area contributed by atoms with E-state index in [1.54, 1.807) is 6.07 Å². The molecule has 4 rings (SSSR count). The number of carboxylic acids is 1. The van der Waals surface area contributed by atoms with Crippen LogP contribution in [0.5, 0.6) is 5.75 Å². The lowest BCUT2D eigenvalue weighted by atomic mass is 10.0. The molecule has 30 heavy (non-hydrogen) atoms. The number of anilines is 1. The third-order valence-corrected chi connectivity index (χ3v) is 5.58. The summed E-state index contributed by atoms with van der Waals surface area (Å²) in [5.41, 5.74) is 0.139. The Balaban J connectivity index is 1.73. The highest BCUT2D eigenvalue weighted by atomic mass is 32.1. The highest BCUT2D eigenvalue weighted by Gasteiger charge is 2.26. The van der Waals surface area contributed by atoms with Crippen LogP contribution in [0.1, 0.15) is 31.8 Å². The van der Waals surface area contributed by atoms with Gasteiger partial charge in [-0.05, 0) is 18.6 Å². The first-order valence-corrected chi connectivity index (χ1v) is 9.51. The number of azo groups is 1. The number of nitrogens with one attached hydrogen (secondary N) is 1. The van der Waals surface area contributed by atoms with Crippen molar-refractivity contribution in [2.24, 2.45) is 10.2 Å². The number of aryl methyl sites for hydroxylation is 1. The van der Waals surface area contributed by atoms with Crippen molar-refractivity contribution in [3.05, 3.63) is 63.5 Å². The Labute approximate surface area is 172 Å². The number of halogens is 2. The van der Waals surface area contributed by atoms with Gasteiger partial charge in [-0.2, -0.15) is 10.2 Å². The van der Waals surface area contributed by atoms with Crippen molar-refractivity contribution in [2.45, 2.75) is 13.5 Å². The average molecular weight is 429 g/mol. The van der Waals surface area contributed by atoms with Gasteiger partial charge in [0.05, 0.1) is 12.1 Å². The van der Waals surface area contributed by atoms with Gasteiger partial charge in [0.2, 0.25) is 0 Å². The van der Waals surface area contributed by atoms with E-state index < -0.39 is 23.5 Å². The number of phenolic OH excluding ortho intramolecular Hbond substituents is 1. The van der Waals surface area contributed by atoms with Gasteiger partial charge in [-0.1, -0.05) is 18.2 Å². The molecule has 0 aliphatic carbocycles. The second-order valence-corrected chi connectivity index (χ2v) is 7.42. The number of rotatable bonds is 4. The van der Waals surface area contributed by atoms with Gasteiger partial charge in [-0.15, -0.1) is 11.3 Å². The quantitative estimate of drug-likeness (QED) is 0.525. The number of amides is 1. The van der Waals surface area contributed by atoms with Crippen LogP contribution in [0.15, 0.2) is 39.9 Å². The summed E-state index contributed by atoms with van der Waals surface area (Å²) in [6.07, 6.45) is 0. The van der Waals surface area contributed by atoms with E-state index in [1.807, 2.05) is 0 Å². The summed E-state index contributed by atoms with van der Waals surface area (Å²) in [5.74, 6) is -4.81. The fourth-order valence-electron chi connectivity index (χ4n) is 3.11. The Morgan fingerprint density at radius 2 is 1.90 bits per heavy atom. The fraction of sp³-hybridized carbons (Fsp3) is 0.100. The molecule has 2 heterocycles. The van der Waals surface area contributed by atoms with Crippen LogP contribution in [0.25, 0.3) is 11.1 Å². The molecule has 0 saturated carbocycles. The van der Waals surface area contributed by atoms with E-state index in [9.17, 15) is 28.6 Å². The molecule has 0 radical (unpaired) electrons. The molecule has 3 aromatic rings. The van der Waals surface area contributed by atoms with Crippen molar-refractivity contribution in [3.8, 4) is 16.9 Å². The molecule has 152 valence electrons. The number of carbonyl (C=O) groups is 2. The number of benzene rings is 2. The Kier molecular flexibility index (Phi) is 4.78. The van der Waals surface area contributed by atoms with Gasteiger partial charge in [-0.3, -0.25) is 4.79 Å². The van der Waals surface area contributed by atoms with E-state index in [2.05, 4.69) is 15.5 Å². The standard InChI is InChI=1S/C20H13F2N3O4S/c1-8-2-4-10(15(22)14(8)21)12-7-30-19(13(12)20(28)29)24-18(27)11-5-3-9-6-23-25-16(9)17(11)26/h2-5,7,26H,6H2,1H3,(H,24,27)(H,28,29). The zero-order chi connectivity index (χ0) is 21.6. The summed E-state index contributed by atoms with van der Waals surface area (Å²) in [6.45, 7) is 1.68. The van der Waals surface area contributed by atoms with Gasteiger partial charge in [0, 0.05) is 22.1 Å². The van der Waals surface area contributed by atoms with E-state index in [1.165, 1.54) is 30.5 Å². The lowest BCUT2D eigenvalue weighted by Gasteiger charge is -2.09. The summed E-state index contributed by atoms with van der Waals surface area (Å²) in [6, 6.07) is 5.59. The van der Waals surface area contributed by atoms with Crippen molar-refractivity contribution in [3.63, 3.8) is 0 Å². The van der Waals surface area contributed by atoms with E-state index >= 15 is 0 Å². The Morgan fingerprint density at radius 3 is 2.63 bits per heavy atom. The lowest BCUT2D eigenvalue weighted by molar-refractivity contribution is 0.0699. The van der Waals surface area contributed by atoms with Gasteiger partial charge in [0.15, 0.2) is 17.4 Å². The molecule has 1 amide bonds. The predicted molar refractivity (Wildman–Crippen MR) is 106 cm³/mol. The smallest absolute Gasteiger partial charge is 0.339 e. The van der Waals surface area contributed by atoms with Gasteiger partial charge < -0.3 is 15.5 Å². The maximum Gasteiger partial charge on any atom is 0.339 e. The van der Waals surface area contributed by atoms with Crippen LogP contribution in [-0.4, -0.2) is 22.1 Å². The third-order valence-electron chi connectivity index (χ3n) is 4.69. The van der Waals surface area contributed by atoms with Gasteiger partial charge >= 0.3 is 5.97 Å². The monoisotopic (exact) mass is 429 g/mol. The van der Waals surface area contributed by atoms with Crippen LogP contribution in [0.3, 0.4) is 0 Å². The molecular formula is C20H13F2N3O4S. The molecule has 0 atom stereocenters. The first-order valence-electron chi connectivity index (χ1n) is 8.63. The first kappa shape index (κ1) is 19.6. The minimum absolute atomic E-state index is 0.0637. The van der Waals surface area contributed by atoms with Crippen molar-refractivity contribution in [1.82, 2.24) is 0 Å².